The van der Waals surface area contributed by atoms with Crippen molar-refractivity contribution in [3.8, 4) is 0 Å². The van der Waals surface area contributed by atoms with Crippen molar-refractivity contribution in [3.05, 3.63) is 75.0 Å². The number of aromatic nitrogens is 2. The van der Waals surface area contributed by atoms with Crippen molar-refractivity contribution in [2.24, 2.45) is 0 Å². The molecule has 7 heteroatoms. The molecule has 1 N–H and O–H groups in total. The van der Waals surface area contributed by atoms with E-state index in [1.54, 1.807) is 42.9 Å². The van der Waals surface area contributed by atoms with Gasteiger partial charge < -0.3 is 0 Å². The lowest BCUT2D eigenvalue weighted by Crippen LogP contribution is -2.11. The normalized spacial score (nSPS) is 10.5. The predicted molar refractivity (Wildman–Crippen MR) is 93.6 cm³/mol. The Morgan fingerprint density at radius 1 is 1.17 bits per heavy atom. The minimum absolute atomic E-state index is 0.214. The van der Waals surface area contributed by atoms with Gasteiger partial charge in [-0.1, -0.05) is 23.2 Å². The molecule has 0 bridgehead atoms. The second-order valence-electron chi connectivity index (χ2n) is 4.73. The van der Waals surface area contributed by atoms with Crippen molar-refractivity contribution in [1.82, 2.24) is 9.97 Å². The lowest BCUT2D eigenvalue weighted by molar-refractivity contribution is 0.102. The van der Waals surface area contributed by atoms with Crippen LogP contribution in [0, 0.1) is 0 Å². The number of nitrogens with one attached hydrogen (secondary N) is 1. The van der Waals surface area contributed by atoms with Crippen LogP contribution >= 0.6 is 34.5 Å². The maximum absolute atomic E-state index is 12.1. The highest BCUT2D eigenvalue weighted by Gasteiger charge is 2.10. The first-order valence-corrected chi connectivity index (χ1v) is 8.29. The Morgan fingerprint density at radius 2 is 1.96 bits per heavy atom. The number of hydrogen-bond acceptors (Lipinski definition) is 4. The van der Waals surface area contributed by atoms with Gasteiger partial charge >= 0.3 is 0 Å². The Morgan fingerprint density at radius 3 is 2.74 bits per heavy atom. The third-order valence-corrected chi connectivity index (χ3v) is 4.61. The minimum Gasteiger partial charge on any atom is -0.298 e. The minimum atomic E-state index is -0.214. The van der Waals surface area contributed by atoms with Crippen molar-refractivity contribution in [3.63, 3.8) is 0 Å². The summed E-state index contributed by atoms with van der Waals surface area (Å²) in [6.07, 6.45) is 5.49. The molecule has 0 aliphatic rings. The van der Waals surface area contributed by atoms with Crippen LogP contribution in [0.15, 0.2) is 48.9 Å². The van der Waals surface area contributed by atoms with Crippen molar-refractivity contribution in [2.75, 3.05) is 5.32 Å². The average Bonchev–Trinajstić information content (AvgIpc) is 2.99. The number of carbonyl (C=O) groups excluding carboxylic acids is 1. The number of hydrogen-bond donors (Lipinski definition) is 1. The number of pyridine rings is 1. The largest absolute Gasteiger partial charge is 0.298 e. The zero-order valence-electron chi connectivity index (χ0n) is 11.8. The summed E-state index contributed by atoms with van der Waals surface area (Å²) in [6.45, 7) is 0. The van der Waals surface area contributed by atoms with Gasteiger partial charge in [-0.15, -0.1) is 11.3 Å². The Bertz CT molecular complexity index is 836. The lowest BCUT2D eigenvalue weighted by Gasteiger charge is -2.03. The summed E-state index contributed by atoms with van der Waals surface area (Å²) in [5.74, 6) is -0.214. The fourth-order valence-electron chi connectivity index (χ4n) is 1.99. The number of halogens is 2. The van der Waals surface area contributed by atoms with E-state index in [2.05, 4.69) is 15.3 Å². The highest BCUT2D eigenvalue weighted by Crippen LogP contribution is 2.27. The van der Waals surface area contributed by atoms with Crippen molar-refractivity contribution < 1.29 is 4.79 Å². The van der Waals surface area contributed by atoms with Crippen molar-refractivity contribution in [2.45, 2.75) is 6.42 Å². The number of carbonyl (C=O) groups is 1. The van der Waals surface area contributed by atoms with Gasteiger partial charge in [-0.25, -0.2) is 4.98 Å². The fourth-order valence-corrected chi connectivity index (χ4v) is 3.20. The molecule has 0 fully saturated rings. The van der Waals surface area contributed by atoms with Crippen LogP contribution in [0.2, 0.25) is 10.0 Å². The summed E-state index contributed by atoms with van der Waals surface area (Å²) in [4.78, 5) is 21.2. The van der Waals surface area contributed by atoms with Crippen LogP contribution in [0.3, 0.4) is 0 Å². The molecule has 3 aromatic rings. The van der Waals surface area contributed by atoms with Gasteiger partial charge in [-0.2, -0.15) is 0 Å². The topological polar surface area (TPSA) is 54.9 Å². The standard InChI is InChI=1S/C16H11Cl2N3OS/c17-12-1-2-14(18)11(7-12)8-13-9-20-16(23-13)21-15(22)10-3-5-19-6-4-10/h1-7,9H,8H2,(H,20,21,22). The van der Waals surface area contributed by atoms with Crippen LogP contribution in [0.25, 0.3) is 0 Å². The number of benzene rings is 1. The second kappa shape index (κ2) is 7.08. The maximum atomic E-state index is 12.1. The molecule has 0 saturated heterocycles. The van der Waals surface area contributed by atoms with Gasteiger partial charge in [0, 0.05) is 45.5 Å². The van der Waals surface area contributed by atoms with Crippen LogP contribution in [0.5, 0.6) is 0 Å². The number of nitrogens with zero attached hydrogens (tertiary/aromatic N) is 2. The van der Waals surface area contributed by atoms with E-state index in [-0.39, 0.29) is 5.91 Å². The first kappa shape index (κ1) is 15.9. The molecule has 0 aliphatic carbocycles. The third kappa shape index (κ3) is 4.07. The molecule has 4 nitrogen and oxygen atoms in total. The van der Waals surface area contributed by atoms with Crippen LogP contribution < -0.4 is 5.32 Å². The van der Waals surface area contributed by atoms with E-state index in [4.69, 9.17) is 23.2 Å². The molecule has 3 rings (SSSR count). The van der Waals surface area contributed by atoms with Crippen molar-refractivity contribution >= 4 is 45.6 Å². The molecule has 116 valence electrons. The molecule has 23 heavy (non-hydrogen) atoms. The van der Waals surface area contributed by atoms with Crippen LogP contribution in [0.4, 0.5) is 5.13 Å². The van der Waals surface area contributed by atoms with E-state index in [0.717, 1.165) is 10.4 Å². The third-order valence-electron chi connectivity index (χ3n) is 3.09. The van der Waals surface area contributed by atoms with E-state index in [9.17, 15) is 4.79 Å². The molecular formula is C16H11Cl2N3OS. The zero-order valence-corrected chi connectivity index (χ0v) is 14.1. The number of anilines is 1. The fraction of sp³-hybridized carbons (Fsp3) is 0.0625. The van der Waals surface area contributed by atoms with Gasteiger partial charge in [-0.05, 0) is 35.9 Å². The Kier molecular flexibility index (Phi) is 4.91. The molecule has 0 spiro atoms. The monoisotopic (exact) mass is 363 g/mol. The van der Waals surface area contributed by atoms with Gasteiger partial charge in [0.25, 0.3) is 5.91 Å². The average molecular weight is 364 g/mol. The number of rotatable bonds is 4. The Hall–Kier alpha value is -1.95. The first-order valence-electron chi connectivity index (χ1n) is 6.72. The molecule has 0 saturated carbocycles. The summed E-state index contributed by atoms with van der Waals surface area (Å²) < 4.78 is 0. The molecule has 2 heterocycles. The molecule has 1 amide bonds. The zero-order chi connectivity index (χ0) is 16.2. The molecule has 1 aromatic carbocycles. The van der Waals surface area contributed by atoms with Crippen molar-refractivity contribution in [1.29, 1.82) is 0 Å². The van der Waals surface area contributed by atoms with Gasteiger partial charge in [0.1, 0.15) is 0 Å². The van der Waals surface area contributed by atoms with E-state index < -0.39 is 0 Å². The first-order chi connectivity index (χ1) is 11.1. The van der Waals surface area contributed by atoms with Crippen LogP contribution in [-0.4, -0.2) is 15.9 Å². The number of amides is 1. The van der Waals surface area contributed by atoms with E-state index in [1.807, 2.05) is 6.07 Å². The lowest BCUT2D eigenvalue weighted by atomic mass is 10.1. The molecular weight excluding hydrogens is 353 g/mol. The quantitative estimate of drug-likeness (QED) is 0.731. The smallest absolute Gasteiger partial charge is 0.257 e. The van der Waals surface area contributed by atoms with E-state index >= 15 is 0 Å². The van der Waals surface area contributed by atoms with Gasteiger partial charge in [0.15, 0.2) is 5.13 Å². The molecule has 0 aliphatic heterocycles. The molecule has 0 radical (unpaired) electrons. The highest BCUT2D eigenvalue weighted by atomic mass is 35.5. The molecule has 0 unspecified atom stereocenters. The summed E-state index contributed by atoms with van der Waals surface area (Å²) in [5, 5.41) is 4.61. The summed E-state index contributed by atoms with van der Waals surface area (Å²) in [6, 6.07) is 8.65. The molecule has 0 atom stereocenters. The highest BCUT2D eigenvalue weighted by molar-refractivity contribution is 7.15. The van der Waals surface area contributed by atoms with E-state index in [0.29, 0.717) is 27.2 Å². The van der Waals surface area contributed by atoms with Gasteiger partial charge in [0.2, 0.25) is 0 Å². The maximum Gasteiger partial charge on any atom is 0.257 e. The van der Waals surface area contributed by atoms with E-state index in [1.165, 1.54) is 11.3 Å². The molecule has 2 aromatic heterocycles. The SMILES string of the molecule is O=C(Nc1ncc(Cc2cc(Cl)ccc2Cl)s1)c1ccncc1. The Labute approximate surface area is 147 Å². The van der Waals surface area contributed by atoms with Gasteiger partial charge in [0.05, 0.1) is 0 Å². The van der Waals surface area contributed by atoms with Crippen LogP contribution in [0.1, 0.15) is 20.8 Å². The Balaban J connectivity index is 1.71. The summed E-state index contributed by atoms with van der Waals surface area (Å²) >= 11 is 13.6. The number of thiazole rings is 1. The van der Waals surface area contributed by atoms with Crippen LogP contribution in [-0.2, 0) is 6.42 Å². The second-order valence-corrected chi connectivity index (χ2v) is 6.69. The van der Waals surface area contributed by atoms with Gasteiger partial charge in [-0.3, -0.25) is 15.1 Å². The summed E-state index contributed by atoms with van der Waals surface area (Å²) in [7, 11) is 0. The summed E-state index contributed by atoms with van der Waals surface area (Å²) in [5.41, 5.74) is 1.46. The predicted octanol–water partition coefficient (Wildman–Crippen LogP) is 4.69.